The van der Waals surface area contributed by atoms with Crippen LogP contribution in [0.25, 0.3) is 16.7 Å². The number of benzene rings is 2. The van der Waals surface area contributed by atoms with Crippen molar-refractivity contribution in [1.82, 2.24) is 24.6 Å². The Hall–Kier alpha value is -3.81. The van der Waals surface area contributed by atoms with Crippen molar-refractivity contribution in [3.8, 4) is 5.69 Å². The van der Waals surface area contributed by atoms with E-state index in [9.17, 15) is 9.18 Å². The first-order valence-corrected chi connectivity index (χ1v) is 11.7. The summed E-state index contributed by atoms with van der Waals surface area (Å²) in [7, 11) is 0. The Bertz CT molecular complexity index is 1310. The van der Waals surface area contributed by atoms with Crippen LogP contribution in [0.3, 0.4) is 0 Å². The molecule has 0 aliphatic carbocycles. The van der Waals surface area contributed by atoms with E-state index in [2.05, 4.69) is 16.9 Å². The predicted molar refractivity (Wildman–Crippen MR) is 130 cm³/mol. The lowest BCUT2D eigenvalue weighted by molar-refractivity contribution is 0.0766. The number of hydrogen-bond donors (Lipinski definition) is 0. The first kappa shape index (κ1) is 22.0. The van der Waals surface area contributed by atoms with Crippen molar-refractivity contribution in [3.05, 3.63) is 78.0 Å². The van der Waals surface area contributed by atoms with Gasteiger partial charge in [-0.2, -0.15) is 5.10 Å². The van der Waals surface area contributed by atoms with Gasteiger partial charge in [-0.3, -0.25) is 4.79 Å². The maximum atomic E-state index is 13.6. The molecule has 0 saturated carbocycles. The molecule has 1 amide bonds. The second kappa shape index (κ2) is 9.59. The minimum Gasteiger partial charge on any atom is -0.354 e. The number of carbonyl (C=O) groups is 1. The summed E-state index contributed by atoms with van der Waals surface area (Å²) in [4.78, 5) is 26.7. The summed E-state index contributed by atoms with van der Waals surface area (Å²) in [5.41, 5.74) is 2.12. The van der Waals surface area contributed by atoms with Crippen molar-refractivity contribution in [1.29, 1.82) is 0 Å². The number of aryl methyl sites for hydroxylation is 1. The summed E-state index contributed by atoms with van der Waals surface area (Å²) < 4.78 is 15.5. The van der Waals surface area contributed by atoms with Gasteiger partial charge >= 0.3 is 0 Å². The highest BCUT2D eigenvalue weighted by molar-refractivity contribution is 5.94. The van der Waals surface area contributed by atoms with Gasteiger partial charge in [-0.15, -0.1) is 0 Å². The molecule has 0 radical (unpaired) electrons. The van der Waals surface area contributed by atoms with Crippen LogP contribution in [-0.4, -0.2) is 56.7 Å². The molecule has 8 heteroatoms. The van der Waals surface area contributed by atoms with E-state index < -0.39 is 5.82 Å². The average Bonchev–Trinajstić information content (AvgIpc) is 3.13. The molecule has 1 saturated heterocycles. The van der Waals surface area contributed by atoms with Crippen LogP contribution in [0.1, 0.15) is 35.9 Å². The van der Waals surface area contributed by atoms with Gasteiger partial charge < -0.3 is 9.80 Å². The summed E-state index contributed by atoms with van der Waals surface area (Å²) in [5, 5.41) is 5.52. The average molecular weight is 459 g/mol. The Morgan fingerprint density at radius 3 is 2.65 bits per heavy atom. The van der Waals surface area contributed by atoms with Crippen LogP contribution in [0.4, 0.5) is 10.2 Å². The quantitative estimate of drug-likeness (QED) is 0.447. The number of nitrogens with zero attached hydrogens (tertiary/aromatic N) is 6. The number of carbonyl (C=O) groups excluding carboxylic acids is 1. The number of anilines is 1. The number of amides is 1. The zero-order valence-electron chi connectivity index (χ0n) is 19.2. The van der Waals surface area contributed by atoms with Crippen molar-refractivity contribution in [2.75, 3.05) is 31.1 Å². The number of hydrogen-bond acceptors (Lipinski definition) is 5. The SMILES string of the molecule is CCCc1nc(N2CCCN(C(=O)c3cccc(F)c3)CC2)c2cnn(-c3ccccc3)c2n1. The number of para-hydroxylation sites is 1. The predicted octanol–water partition coefficient (Wildman–Crippen LogP) is 4.26. The fourth-order valence-corrected chi connectivity index (χ4v) is 4.41. The van der Waals surface area contributed by atoms with Gasteiger partial charge in [0.25, 0.3) is 5.91 Å². The van der Waals surface area contributed by atoms with Crippen LogP contribution >= 0.6 is 0 Å². The Balaban J connectivity index is 1.45. The zero-order chi connectivity index (χ0) is 23.5. The van der Waals surface area contributed by atoms with Gasteiger partial charge in [0.2, 0.25) is 0 Å². The van der Waals surface area contributed by atoms with Crippen LogP contribution in [0.5, 0.6) is 0 Å². The van der Waals surface area contributed by atoms with Crippen LogP contribution in [0.2, 0.25) is 0 Å². The Morgan fingerprint density at radius 2 is 1.85 bits per heavy atom. The Labute approximate surface area is 197 Å². The van der Waals surface area contributed by atoms with Crippen LogP contribution in [0.15, 0.2) is 60.8 Å². The van der Waals surface area contributed by atoms with Crippen LogP contribution in [-0.2, 0) is 6.42 Å². The van der Waals surface area contributed by atoms with Crippen molar-refractivity contribution >= 4 is 22.8 Å². The minimum atomic E-state index is -0.399. The standard InChI is InChI=1S/C26H27FN6O/c1-2-8-23-29-24(22-18-28-33(25(22)30-23)21-11-4-3-5-12-21)31-13-7-14-32(16-15-31)26(34)19-9-6-10-20(27)17-19/h3-6,9-12,17-18H,2,7-8,13-16H2,1H3. The van der Waals surface area contributed by atoms with Gasteiger partial charge in [0.1, 0.15) is 17.5 Å². The molecule has 1 aliphatic heterocycles. The lowest BCUT2D eigenvalue weighted by atomic mass is 10.2. The van der Waals surface area contributed by atoms with E-state index in [0.29, 0.717) is 25.2 Å². The molecule has 0 N–H and O–H groups in total. The Morgan fingerprint density at radius 1 is 1.00 bits per heavy atom. The lowest BCUT2D eigenvalue weighted by Crippen LogP contribution is -2.35. The monoisotopic (exact) mass is 458 g/mol. The normalized spacial score (nSPS) is 14.4. The highest BCUT2D eigenvalue weighted by Gasteiger charge is 2.24. The summed E-state index contributed by atoms with van der Waals surface area (Å²) in [6.45, 7) is 4.67. The molecule has 1 aliphatic rings. The second-order valence-electron chi connectivity index (χ2n) is 8.49. The molecule has 0 spiro atoms. The topological polar surface area (TPSA) is 67.2 Å². The van der Waals surface area contributed by atoms with E-state index in [1.165, 1.54) is 12.1 Å². The number of halogens is 1. The number of rotatable bonds is 5. The van der Waals surface area contributed by atoms with Crippen molar-refractivity contribution < 1.29 is 9.18 Å². The summed E-state index contributed by atoms with van der Waals surface area (Å²) in [5.74, 6) is 1.11. The van der Waals surface area contributed by atoms with E-state index in [0.717, 1.165) is 54.2 Å². The second-order valence-corrected chi connectivity index (χ2v) is 8.49. The fourth-order valence-electron chi connectivity index (χ4n) is 4.41. The molecule has 34 heavy (non-hydrogen) atoms. The summed E-state index contributed by atoms with van der Waals surface area (Å²) in [6.07, 6.45) is 4.34. The van der Waals surface area contributed by atoms with Gasteiger partial charge in [0.05, 0.1) is 17.3 Å². The number of aromatic nitrogens is 4. The highest BCUT2D eigenvalue weighted by Crippen LogP contribution is 2.27. The molecule has 1 fully saturated rings. The molecule has 0 unspecified atom stereocenters. The van der Waals surface area contributed by atoms with Crippen molar-refractivity contribution in [2.24, 2.45) is 0 Å². The van der Waals surface area contributed by atoms with E-state index in [4.69, 9.17) is 9.97 Å². The first-order valence-electron chi connectivity index (χ1n) is 11.7. The maximum Gasteiger partial charge on any atom is 0.254 e. The molecule has 0 bridgehead atoms. The molecule has 174 valence electrons. The molecule has 7 nitrogen and oxygen atoms in total. The Kier molecular flexibility index (Phi) is 6.20. The molecule has 3 heterocycles. The van der Waals surface area contributed by atoms with Gasteiger partial charge in [-0.25, -0.2) is 19.0 Å². The van der Waals surface area contributed by atoms with Crippen molar-refractivity contribution in [3.63, 3.8) is 0 Å². The van der Waals surface area contributed by atoms with Gasteiger partial charge in [-0.05, 0) is 43.2 Å². The largest absolute Gasteiger partial charge is 0.354 e. The van der Waals surface area contributed by atoms with Crippen LogP contribution < -0.4 is 4.90 Å². The molecular weight excluding hydrogens is 431 g/mol. The third-order valence-corrected chi connectivity index (χ3v) is 6.08. The third kappa shape index (κ3) is 4.35. The number of fused-ring (bicyclic) bond motifs is 1. The third-order valence-electron chi connectivity index (χ3n) is 6.08. The fraction of sp³-hybridized carbons (Fsp3) is 0.308. The van der Waals surface area contributed by atoms with Crippen molar-refractivity contribution in [2.45, 2.75) is 26.2 Å². The molecule has 5 rings (SSSR count). The lowest BCUT2D eigenvalue weighted by Gasteiger charge is -2.24. The smallest absolute Gasteiger partial charge is 0.254 e. The first-order chi connectivity index (χ1) is 16.6. The maximum absolute atomic E-state index is 13.6. The van der Waals surface area contributed by atoms with Gasteiger partial charge in [0.15, 0.2) is 5.65 Å². The van der Waals surface area contributed by atoms with Gasteiger partial charge in [0, 0.05) is 38.2 Å². The van der Waals surface area contributed by atoms with E-state index in [-0.39, 0.29) is 5.91 Å². The minimum absolute atomic E-state index is 0.141. The van der Waals surface area contributed by atoms with Crippen LogP contribution in [0, 0.1) is 5.82 Å². The molecule has 2 aromatic heterocycles. The van der Waals surface area contributed by atoms with E-state index in [1.807, 2.05) is 41.2 Å². The van der Waals surface area contributed by atoms with Gasteiger partial charge in [-0.1, -0.05) is 31.2 Å². The zero-order valence-corrected chi connectivity index (χ0v) is 19.2. The molecule has 4 aromatic rings. The highest BCUT2D eigenvalue weighted by atomic mass is 19.1. The molecule has 2 aromatic carbocycles. The summed E-state index contributed by atoms with van der Waals surface area (Å²) in [6, 6.07) is 15.9. The van der Waals surface area contributed by atoms with E-state index in [1.54, 1.807) is 17.0 Å². The molecule has 0 atom stereocenters. The molecular formula is C26H27FN6O. The van der Waals surface area contributed by atoms with E-state index >= 15 is 0 Å². The summed E-state index contributed by atoms with van der Waals surface area (Å²) >= 11 is 0.